The van der Waals surface area contributed by atoms with Gasteiger partial charge in [-0.15, -0.1) is 0 Å². The number of non-ortho nitro benzene ring substituents is 1. The minimum absolute atomic E-state index is 0.0284. The summed E-state index contributed by atoms with van der Waals surface area (Å²) in [7, 11) is -3.91. The third-order valence-corrected chi connectivity index (χ3v) is 6.64. The number of hydrogen-bond acceptors (Lipinski definition) is 8. The fourth-order valence-electron chi connectivity index (χ4n) is 2.90. The van der Waals surface area contributed by atoms with Crippen molar-refractivity contribution in [3.63, 3.8) is 0 Å². The normalized spacial score (nSPS) is 14.8. The standard InChI is InChI=1S/C18H20N4O7S2/c1-2-28-17(23)15-7-8-16(29-15)31(26,27)21-11-9-20(10-12-21)18(30)19-13-3-5-14(6-4-13)22(24)25/h3-8H,2,9-12H2,1H3,(H,19,30). The number of furan rings is 1. The molecule has 11 nitrogen and oxygen atoms in total. The Balaban J connectivity index is 1.58. The zero-order valence-electron chi connectivity index (χ0n) is 16.5. The first-order chi connectivity index (χ1) is 14.7. The summed E-state index contributed by atoms with van der Waals surface area (Å²) in [5.41, 5.74) is 0.562. The van der Waals surface area contributed by atoms with E-state index in [1.54, 1.807) is 24.0 Å². The number of nitro groups is 1. The average Bonchev–Trinajstić information content (AvgIpc) is 3.26. The molecule has 1 aromatic heterocycles. The fraction of sp³-hybridized carbons (Fsp3) is 0.333. The summed E-state index contributed by atoms with van der Waals surface area (Å²) in [5, 5.41) is 13.8. The number of carbonyl (C=O) groups excluding carboxylic acids is 1. The smallest absolute Gasteiger partial charge is 0.374 e. The Hall–Kier alpha value is -3.03. The summed E-state index contributed by atoms with van der Waals surface area (Å²) in [6.45, 7) is 2.79. The topological polar surface area (TPSA) is 135 Å². The van der Waals surface area contributed by atoms with Gasteiger partial charge in [0, 0.05) is 44.0 Å². The van der Waals surface area contributed by atoms with Gasteiger partial charge in [0.1, 0.15) is 0 Å². The van der Waals surface area contributed by atoms with Crippen LogP contribution in [0.5, 0.6) is 0 Å². The first-order valence-electron chi connectivity index (χ1n) is 9.30. The predicted octanol–water partition coefficient (Wildman–Crippen LogP) is 2.07. The largest absolute Gasteiger partial charge is 0.460 e. The zero-order chi connectivity index (χ0) is 22.6. The van der Waals surface area contributed by atoms with Crippen molar-refractivity contribution in [2.75, 3.05) is 38.1 Å². The van der Waals surface area contributed by atoms with Crippen LogP contribution in [-0.2, 0) is 14.8 Å². The van der Waals surface area contributed by atoms with Gasteiger partial charge in [-0.1, -0.05) is 0 Å². The van der Waals surface area contributed by atoms with Crippen LogP contribution in [-0.4, -0.2) is 66.4 Å². The van der Waals surface area contributed by atoms with E-state index in [9.17, 15) is 23.3 Å². The number of anilines is 1. The van der Waals surface area contributed by atoms with Gasteiger partial charge in [-0.25, -0.2) is 13.2 Å². The molecule has 0 atom stereocenters. The summed E-state index contributed by atoms with van der Waals surface area (Å²) in [4.78, 5) is 23.7. The minimum atomic E-state index is -3.91. The number of carbonyl (C=O) groups is 1. The average molecular weight is 469 g/mol. The number of thiocarbonyl (C=S) groups is 1. The highest BCUT2D eigenvalue weighted by Gasteiger charge is 2.32. The molecule has 2 aromatic rings. The van der Waals surface area contributed by atoms with Crippen molar-refractivity contribution in [2.24, 2.45) is 0 Å². The van der Waals surface area contributed by atoms with Crippen molar-refractivity contribution < 1.29 is 27.3 Å². The van der Waals surface area contributed by atoms with Gasteiger partial charge in [0.05, 0.1) is 11.5 Å². The van der Waals surface area contributed by atoms with Crippen LogP contribution in [0.25, 0.3) is 0 Å². The minimum Gasteiger partial charge on any atom is -0.460 e. The van der Waals surface area contributed by atoms with Gasteiger partial charge < -0.3 is 19.4 Å². The number of ether oxygens (including phenoxy) is 1. The number of nitrogens with one attached hydrogen (secondary N) is 1. The third kappa shape index (κ3) is 5.18. The molecule has 1 N–H and O–H groups in total. The molecule has 0 saturated carbocycles. The van der Waals surface area contributed by atoms with Crippen molar-refractivity contribution in [1.29, 1.82) is 0 Å². The van der Waals surface area contributed by atoms with Crippen molar-refractivity contribution >= 4 is 44.7 Å². The lowest BCUT2D eigenvalue weighted by molar-refractivity contribution is -0.384. The summed E-state index contributed by atoms with van der Waals surface area (Å²) >= 11 is 5.37. The molecule has 0 aliphatic carbocycles. The molecule has 0 bridgehead atoms. The number of sulfonamides is 1. The van der Waals surface area contributed by atoms with Crippen LogP contribution in [0.2, 0.25) is 0 Å². The molecule has 1 saturated heterocycles. The van der Waals surface area contributed by atoms with E-state index in [0.717, 1.165) is 0 Å². The van der Waals surface area contributed by atoms with Crippen LogP contribution in [0.3, 0.4) is 0 Å². The monoisotopic (exact) mass is 468 g/mol. The zero-order valence-corrected chi connectivity index (χ0v) is 18.1. The molecule has 1 aromatic carbocycles. The number of piperazine rings is 1. The summed E-state index contributed by atoms with van der Waals surface area (Å²) in [5.74, 6) is -0.899. The number of rotatable bonds is 6. The van der Waals surface area contributed by atoms with E-state index in [-0.39, 0.29) is 36.2 Å². The summed E-state index contributed by atoms with van der Waals surface area (Å²) in [6, 6.07) is 8.32. The second-order valence-corrected chi connectivity index (χ2v) is 8.72. The molecular formula is C18H20N4O7S2. The highest BCUT2D eigenvalue weighted by atomic mass is 32.2. The predicted molar refractivity (Wildman–Crippen MR) is 114 cm³/mol. The Kier molecular flexibility index (Phi) is 6.87. The number of benzene rings is 1. The van der Waals surface area contributed by atoms with Gasteiger partial charge >= 0.3 is 5.97 Å². The van der Waals surface area contributed by atoms with Gasteiger partial charge in [-0.05, 0) is 43.4 Å². The fourth-order valence-corrected chi connectivity index (χ4v) is 4.53. The van der Waals surface area contributed by atoms with E-state index in [2.05, 4.69) is 5.32 Å². The molecule has 1 aliphatic rings. The van der Waals surface area contributed by atoms with Crippen LogP contribution >= 0.6 is 12.2 Å². The van der Waals surface area contributed by atoms with Crippen LogP contribution in [0, 0.1) is 10.1 Å². The molecule has 0 radical (unpaired) electrons. The van der Waals surface area contributed by atoms with E-state index >= 15 is 0 Å². The molecule has 1 fully saturated rings. The number of nitro benzene ring substituents is 1. The SMILES string of the molecule is CCOC(=O)c1ccc(S(=O)(=O)N2CCN(C(=S)Nc3ccc([N+](=O)[O-])cc3)CC2)o1. The van der Waals surface area contributed by atoms with Crippen molar-refractivity contribution in [3.8, 4) is 0 Å². The molecular weight excluding hydrogens is 448 g/mol. The maximum absolute atomic E-state index is 12.8. The molecule has 1 aliphatic heterocycles. The number of hydrogen-bond donors (Lipinski definition) is 1. The van der Waals surface area contributed by atoms with Gasteiger partial charge in [0.15, 0.2) is 5.11 Å². The second kappa shape index (κ2) is 9.41. The van der Waals surface area contributed by atoms with Crippen LogP contribution < -0.4 is 5.32 Å². The van der Waals surface area contributed by atoms with Crippen molar-refractivity contribution in [1.82, 2.24) is 9.21 Å². The number of nitrogens with zero attached hydrogens (tertiary/aromatic N) is 3. The highest BCUT2D eigenvalue weighted by molar-refractivity contribution is 7.89. The van der Waals surface area contributed by atoms with E-state index < -0.39 is 20.9 Å². The van der Waals surface area contributed by atoms with Crippen molar-refractivity contribution in [2.45, 2.75) is 12.0 Å². The lowest BCUT2D eigenvalue weighted by atomic mass is 10.3. The van der Waals surface area contributed by atoms with Crippen LogP contribution in [0.4, 0.5) is 11.4 Å². The Morgan fingerprint density at radius 2 is 1.84 bits per heavy atom. The maximum atomic E-state index is 12.8. The Morgan fingerprint density at radius 1 is 1.19 bits per heavy atom. The summed E-state index contributed by atoms with van der Waals surface area (Å²) in [6.07, 6.45) is 0. The van der Waals surface area contributed by atoms with E-state index in [4.69, 9.17) is 21.4 Å². The first kappa shape index (κ1) is 22.7. The second-order valence-electron chi connectivity index (χ2n) is 6.46. The molecule has 31 heavy (non-hydrogen) atoms. The first-order valence-corrected chi connectivity index (χ1v) is 11.1. The third-order valence-electron chi connectivity index (χ3n) is 4.51. The highest BCUT2D eigenvalue weighted by Crippen LogP contribution is 2.21. The van der Waals surface area contributed by atoms with Gasteiger partial charge in [-0.3, -0.25) is 10.1 Å². The van der Waals surface area contributed by atoms with Gasteiger partial charge in [-0.2, -0.15) is 4.31 Å². The molecule has 166 valence electrons. The molecule has 2 heterocycles. The lowest BCUT2D eigenvalue weighted by Gasteiger charge is -2.35. The van der Waals surface area contributed by atoms with E-state index in [1.165, 1.54) is 28.6 Å². The van der Waals surface area contributed by atoms with Crippen molar-refractivity contribution in [3.05, 3.63) is 52.3 Å². The van der Waals surface area contributed by atoms with Gasteiger partial charge in [0.2, 0.25) is 10.9 Å². The maximum Gasteiger partial charge on any atom is 0.374 e. The van der Waals surface area contributed by atoms with Crippen LogP contribution in [0.1, 0.15) is 17.5 Å². The molecule has 3 rings (SSSR count). The lowest BCUT2D eigenvalue weighted by Crippen LogP contribution is -2.51. The molecule has 0 unspecified atom stereocenters. The Bertz CT molecular complexity index is 1070. The number of esters is 1. The summed E-state index contributed by atoms with van der Waals surface area (Å²) < 4.78 is 36.8. The van der Waals surface area contributed by atoms with Gasteiger partial charge in [0.25, 0.3) is 15.7 Å². The quantitative estimate of drug-likeness (QED) is 0.290. The van der Waals surface area contributed by atoms with Crippen LogP contribution in [0.15, 0.2) is 45.9 Å². The molecule has 13 heteroatoms. The molecule has 0 amide bonds. The molecule has 0 spiro atoms. The van der Waals surface area contributed by atoms with E-state index in [0.29, 0.717) is 23.9 Å². The Morgan fingerprint density at radius 3 is 2.42 bits per heavy atom. The van der Waals surface area contributed by atoms with E-state index in [1.807, 2.05) is 0 Å². The Labute approximate surface area is 183 Å².